The molecule has 20 heavy (non-hydrogen) atoms. The predicted octanol–water partition coefficient (Wildman–Crippen LogP) is 3.26. The molecule has 1 aromatic carbocycles. The molecule has 0 saturated heterocycles. The molecule has 8 heteroatoms. The van der Waals surface area contributed by atoms with Crippen LogP contribution in [-0.2, 0) is 0 Å². The molecule has 0 atom stereocenters. The monoisotopic (exact) mass is 339 g/mol. The van der Waals surface area contributed by atoms with Crippen molar-refractivity contribution in [1.29, 1.82) is 0 Å². The van der Waals surface area contributed by atoms with Crippen molar-refractivity contribution in [2.45, 2.75) is 6.92 Å². The molecule has 2 aromatic rings. The minimum Gasteiger partial charge on any atom is -0.493 e. The fraction of sp³-hybridized carbons (Fsp3) is 0.167. The maximum Gasteiger partial charge on any atom is 0.273 e. The Morgan fingerprint density at radius 2 is 2.00 bits per heavy atom. The predicted molar refractivity (Wildman–Crippen MR) is 74.2 cm³/mol. The van der Waals surface area contributed by atoms with Gasteiger partial charge in [0.05, 0.1) is 18.1 Å². The molecule has 0 aliphatic carbocycles. The summed E-state index contributed by atoms with van der Waals surface area (Å²) in [6.07, 6.45) is 0. The van der Waals surface area contributed by atoms with E-state index < -0.39 is 4.92 Å². The average Bonchev–Trinajstić information content (AvgIpc) is 2.37. The number of aryl methyl sites for hydroxylation is 1. The highest BCUT2D eigenvalue weighted by Crippen LogP contribution is 2.34. The second-order valence-electron chi connectivity index (χ2n) is 3.77. The number of benzene rings is 1. The number of aromatic nitrogens is 2. The topological polar surface area (TPSA) is 87.4 Å². The third-order valence-electron chi connectivity index (χ3n) is 2.36. The van der Waals surface area contributed by atoms with Crippen LogP contribution in [0.4, 0.5) is 5.69 Å². The van der Waals surface area contributed by atoms with Gasteiger partial charge >= 0.3 is 0 Å². The van der Waals surface area contributed by atoms with Gasteiger partial charge in [0, 0.05) is 12.1 Å². The van der Waals surface area contributed by atoms with Crippen molar-refractivity contribution in [3.63, 3.8) is 0 Å². The number of halogens is 1. The van der Waals surface area contributed by atoms with Crippen LogP contribution in [0.5, 0.6) is 17.4 Å². The van der Waals surface area contributed by atoms with E-state index in [0.29, 0.717) is 22.1 Å². The fourth-order valence-electron chi connectivity index (χ4n) is 1.52. The minimum absolute atomic E-state index is 0.0748. The molecule has 0 fully saturated rings. The van der Waals surface area contributed by atoms with Crippen molar-refractivity contribution in [1.82, 2.24) is 9.97 Å². The Bertz CT molecular complexity index is 643. The molecule has 0 amide bonds. The normalized spacial score (nSPS) is 10.2. The van der Waals surface area contributed by atoms with Crippen molar-refractivity contribution in [3.05, 3.63) is 44.8 Å². The lowest BCUT2D eigenvalue weighted by molar-refractivity contribution is -0.384. The summed E-state index contributed by atoms with van der Waals surface area (Å²) in [4.78, 5) is 18.4. The van der Waals surface area contributed by atoms with Gasteiger partial charge in [-0.15, -0.1) is 0 Å². The van der Waals surface area contributed by atoms with Gasteiger partial charge in [-0.05, 0) is 28.9 Å². The van der Waals surface area contributed by atoms with E-state index in [1.165, 1.54) is 25.3 Å². The van der Waals surface area contributed by atoms with E-state index in [-0.39, 0.29) is 11.4 Å². The summed E-state index contributed by atoms with van der Waals surface area (Å²) in [5.41, 5.74) is -0.0748. The van der Waals surface area contributed by atoms with Gasteiger partial charge < -0.3 is 9.47 Å². The number of ether oxygens (including phenoxy) is 2. The number of methoxy groups -OCH3 is 1. The second-order valence-corrected chi connectivity index (χ2v) is 4.58. The second kappa shape index (κ2) is 5.83. The minimum atomic E-state index is -0.502. The quantitative estimate of drug-likeness (QED) is 0.482. The van der Waals surface area contributed by atoms with E-state index >= 15 is 0 Å². The molecule has 104 valence electrons. The number of rotatable bonds is 4. The molecular formula is C12H10BrN3O4. The Morgan fingerprint density at radius 3 is 2.60 bits per heavy atom. The standard InChI is InChI=1S/C12H10BrN3O4/c1-7-14-11(13)6-12(15-7)20-9-4-3-8(16(17)18)5-10(9)19-2/h3-6H,1-2H3. The molecule has 0 saturated carbocycles. The van der Waals surface area contributed by atoms with Gasteiger partial charge in [0.2, 0.25) is 5.88 Å². The van der Waals surface area contributed by atoms with Crippen molar-refractivity contribution in [2.24, 2.45) is 0 Å². The lowest BCUT2D eigenvalue weighted by Gasteiger charge is -2.09. The van der Waals surface area contributed by atoms with E-state index in [4.69, 9.17) is 9.47 Å². The Labute approximate surface area is 122 Å². The molecule has 7 nitrogen and oxygen atoms in total. The van der Waals surface area contributed by atoms with Crippen LogP contribution in [0.15, 0.2) is 28.9 Å². The summed E-state index contributed by atoms with van der Waals surface area (Å²) in [6, 6.07) is 5.68. The van der Waals surface area contributed by atoms with Crippen LogP contribution in [0.25, 0.3) is 0 Å². The van der Waals surface area contributed by atoms with Crippen LogP contribution in [-0.4, -0.2) is 22.0 Å². The van der Waals surface area contributed by atoms with Crippen LogP contribution in [0, 0.1) is 17.0 Å². The number of non-ortho nitro benzene ring substituents is 1. The summed E-state index contributed by atoms with van der Waals surface area (Å²) in [5, 5.41) is 10.7. The van der Waals surface area contributed by atoms with Gasteiger partial charge in [-0.25, -0.2) is 4.98 Å². The smallest absolute Gasteiger partial charge is 0.273 e. The van der Waals surface area contributed by atoms with Crippen molar-refractivity contribution in [2.75, 3.05) is 7.11 Å². The highest BCUT2D eigenvalue weighted by Gasteiger charge is 2.13. The first-order valence-corrected chi connectivity index (χ1v) is 6.30. The summed E-state index contributed by atoms with van der Waals surface area (Å²) in [7, 11) is 1.41. The van der Waals surface area contributed by atoms with E-state index in [1.807, 2.05) is 0 Å². The van der Waals surface area contributed by atoms with Crippen LogP contribution in [0.2, 0.25) is 0 Å². The zero-order valence-electron chi connectivity index (χ0n) is 10.7. The van der Waals surface area contributed by atoms with Crippen molar-refractivity contribution in [3.8, 4) is 17.4 Å². The molecule has 0 N–H and O–H groups in total. The Kier molecular flexibility index (Phi) is 4.14. The summed E-state index contributed by atoms with van der Waals surface area (Å²) in [6.45, 7) is 1.73. The molecular weight excluding hydrogens is 330 g/mol. The molecule has 1 aromatic heterocycles. The Hall–Kier alpha value is -2.22. The molecule has 0 aliphatic heterocycles. The molecule has 1 heterocycles. The third-order valence-corrected chi connectivity index (χ3v) is 2.76. The lowest BCUT2D eigenvalue weighted by atomic mass is 10.3. The average molecular weight is 340 g/mol. The molecule has 0 radical (unpaired) electrons. The maximum atomic E-state index is 10.7. The molecule has 0 aliphatic rings. The number of nitro benzene ring substituents is 1. The largest absolute Gasteiger partial charge is 0.493 e. The summed E-state index contributed by atoms with van der Waals surface area (Å²) in [5.74, 6) is 1.45. The van der Waals surface area contributed by atoms with Crippen molar-refractivity contribution < 1.29 is 14.4 Å². The maximum absolute atomic E-state index is 10.7. The zero-order chi connectivity index (χ0) is 14.7. The van der Waals surface area contributed by atoms with E-state index in [2.05, 4.69) is 25.9 Å². The van der Waals surface area contributed by atoms with Crippen LogP contribution in [0.1, 0.15) is 5.82 Å². The highest BCUT2D eigenvalue weighted by molar-refractivity contribution is 9.10. The number of nitrogens with zero attached hydrogens (tertiary/aromatic N) is 3. The highest BCUT2D eigenvalue weighted by atomic mass is 79.9. The number of hydrogen-bond donors (Lipinski definition) is 0. The molecule has 0 bridgehead atoms. The summed E-state index contributed by atoms with van der Waals surface area (Å²) >= 11 is 3.24. The number of hydrogen-bond acceptors (Lipinski definition) is 6. The van der Waals surface area contributed by atoms with Gasteiger partial charge in [0.15, 0.2) is 11.5 Å². The van der Waals surface area contributed by atoms with E-state index in [0.717, 1.165) is 0 Å². The van der Waals surface area contributed by atoms with E-state index in [9.17, 15) is 10.1 Å². The van der Waals surface area contributed by atoms with Gasteiger partial charge in [-0.1, -0.05) is 0 Å². The van der Waals surface area contributed by atoms with Crippen LogP contribution < -0.4 is 9.47 Å². The molecule has 2 rings (SSSR count). The fourth-order valence-corrected chi connectivity index (χ4v) is 1.98. The zero-order valence-corrected chi connectivity index (χ0v) is 12.2. The van der Waals surface area contributed by atoms with E-state index in [1.54, 1.807) is 13.0 Å². The van der Waals surface area contributed by atoms with Gasteiger partial charge in [-0.2, -0.15) is 4.98 Å². The van der Waals surface area contributed by atoms with Gasteiger partial charge in [0.1, 0.15) is 10.4 Å². The number of nitro groups is 1. The first-order chi connectivity index (χ1) is 9.49. The Balaban J connectivity index is 2.35. The molecule has 0 unspecified atom stereocenters. The van der Waals surface area contributed by atoms with Gasteiger partial charge in [-0.3, -0.25) is 10.1 Å². The first-order valence-electron chi connectivity index (χ1n) is 5.51. The Morgan fingerprint density at radius 1 is 1.25 bits per heavy atom. The lowest BCUT2D eigenvalue weighted by Crippen LogP contribution is -1.96. The van der Waals surface area contributed by atoms with Crippen LogP contribution in [0.3, 0.4) is 0 Å². The van der Waals surface area contributed by atoms with Crippen LogP contribution >= 0.6 is 15.9 Å². The third kappa shape index (κ3) is 3.21. The van der Waals surface area contributed by atoms with Crippen molar-refractivity contribution >= 4 is 21.6 Å². The first kappa shape index (κ1) is 14.2. The van der Waals surface area contributed by atoms with Gasteiger partial charge in [0.25, 0.3) is 5.69 Å². The summed E-state index contributed by atoms with van der Waals surface area (Å²) < 4.78 is 11.2. The SMILES string of the molecule is COc1cc([N+](=O)[O-])ccc1Oc1cc(Br)nc(C)n1. The molecule has 0 spiro atoms.